The minimum Gasteiger partial charge on any atom is -0.464 e. The van der Waals surface area contributed by atoms with Crippen molar-refractivity contribution in [3.63, 3.8) is 0 Å². The number of nitrogens with one attached hydrogen (secondary N) is 1. The first-order valence-corrected chi connectivity index (χ1v) is 5.65. The van der Waals surface area contributed by atoms with Gasteiger partial charge in [-0.05, 0) is 37.5 Å². The van der Waals surface area contributed by atoms with Crippen molar-refractivity contribution in [2.24, 2.45) is 0 Å². The molecule has 0 radical (unpaired) electrons. The highest BCUT2D eigenvalue weighted by Crippen LogP contribution is 2.23. The fourth-order valence-electron chi connectivity index (χ4n) is 2.02. The lowest BCUT2D eigenvalue weighted by Gasteiger charge is -2.06. The molecule has 0 saturated heterocycles. The Morgan fingerprint density at radius 2 is 2.06 bits per heavy atom. The SMILES string of the molecule is CCc1nc2[nH]c(C(=O)OC)cc2c(C)c1C.Cl. The third-order valence-electron chi connectivity index (χ3n) is 3.18. The second-order valence-corrected chi connectivity index (χ2v) is 4.10. The van der Waals surface area contributed by atoms with Gasteiger partial charge in [0.1, 0.15) is 11.3 Å². The number of hydrogen-bond donors (Lipinski definition) is 1. The number of rotatable bonds is 2. The number of aromatic nitrogens is 2. The van der Waals surface area contributed by atoms with E-state index < -0.39 is 0 Å². The molecule has 0 aliphatic rings. The van der Waals surface area contributed by atoms with E-state index in [1.54, 1.807) is 6.07 Å². The Morgan fingerprint density at radius 3 is 2.61 bits per heavy atom. The number of nitrogens with zero attached hydrogens (tertiary/aromatic N) is 1. The van der Waals surface area contributed by atoms with Crippen molar-refractivity contribution in [1.29, 1.82) is 0 Å². The van der Waals surface area contributed by atoms with Crippen LogP contribution in [-0.4, -0.2) is 23.0 Å². The zero-order valence-electron chi connectivity index (χ0n) is 11.0. The molecule has 0 aliphatic heterocycles. The third kappa shape index (κ3) is 2.20. The number of esters is 1. The Labute approximate surface area is 112 Å². The predicted molar refractivity (Wildman–Crippen MR) is 73.5 cm³/mol. The van der Waals surface area contributed by atoms with Crippen LogP contribution in [0.25, 0.3) is 11.0 Å². The maximum Gasteiger partial charge on any atom is 0.354 e. The molecule has 0 fully saturated rings. The molecule has 0 amide bonds. The number of aryl methyl sites for hydroxylation is 2. The highest BCUT2D eigenvalue weighted by atomic mass is 35.5. The fourth-order valence-corrected chi connectivity index (χ4v) is 2.02. The number of methoxy groups -OCH3 is 1. The summed E-state index contributed by atoms with van der Waals surface area (Å²) in [6.45, 7) is 6.18. The highest BCUT2D eigenvalue weighted by Gasteiger charge is 2.14. The Morgan fingerprint density at radius 1 is 1.39 bits per heavy atom. The molecule has 18 heavy (non-hydrogen) atoms. The predicted octanol–water partition coefficient (Wildman–Crippen LogP) is 2.95. The van der Waals surface area contributed by atoms with Gasteiger partial charge < -0.3 is 9.72 Å². The third-order valence-corrected chi connectivity index (χ3v) is 3.18. The van der Waals surface area contributed by atoms with E-state index in [4.69, 9.17) is 4.74 Å². The van der Waals surface area contributed by atoms with E-state index in [0.29, 0.717) is 5.69 Å². The standard InChI is InChI=1S/C13H16N2O2.ClH/c1-5-10-8(3)7(2)9-6-11(13(16)17-4)15-12(9)14-10;/h6H,5H2,1-4H3,(H,14,15);1H. The summed E-state index contributed by atoms with van der Waals surface area (Å²) < 4.78 is 4.69. The molecule has 1 N–H and O–H groups in total. The van der Waals surface area contributed by atoms with Crippen LogP contribution in [0.1, 0.15) is 34.2 Å². The molecule has 2 rings (SSSR count). The van der Waals surface area contributed by atoms with Crippen molar-refractivity contribution >= 4 is 29.4 Å². The Bertz CT molecular complexity index is 590. The second kappa shape index (κ2) is 5.40. The minimum absolute atomic E-state index is 0. The van der Waals surface area contributed by atoms with Gasteiger partial charge >= 0.3 is 5.97 Å². The van der Waals surface area contributed by atoms with Gasteiger partial charge in [-0.25, -0.2) is 9.78 Å². The van der Waals surface area contributed by atoms with Gasteiger partial charge in [-0.3, -0.25) is 0 Å². The second-order valence-electron chi connectivity index (χ2n) is 4.10. The van der Waals surface area contributed by atoms with E-state index in [1.165, 1.54) is 18.2 Å². The summed E-state index contributed by atoms with van der Waals surface area (Å²) in [6.07, 6.45) is 0.884. The normalized spacial score (nSPS) is 10.2. The molecule has 0 atom stereocenters. The van der Waals surface area contributed by atoms with Crippen LogP contribution in [0.4, 0.5) is 0 Å². The number of carbonyl (C=O) groups is 1. The van der Waals surface area contributed by atoms with Gasteiger partial charge in [0, 0.05) is 11.1 Å². The summed E-state index contributed by atoms with van der Waals surface area (Å²) in [6, 6.07) is 1.80. The maximum absolute atomic E-state index is 11.5. The van der Waals surface area contributed by atoms with Crippen LogP contribution < -0.4 is 0 Å². The Hall–Kier alpha value is -1.55. The summed E-state index contributed by atoms with van der Waals surface area (Å²) in [5.74, 6) is -0.363. The van der Waals surface area contributed by atoms with E-state index in [-0.39, 0.29) is 18.4 Å². The highest BCUT2D eigenvalue weighted by molar-refractivity contribution is 5.95. The lowest BCUT2D eigenvalue weighted by atomic mass is 10.0. The smallest absolute Gasteiger partial charge is 0.354 e. The van der Waals surface area contributed by atoms with Crippen molar-refractivity contribution in [3.05, 3.63) is 28.6 Å². The van der Waals surface area contributed by atoms with Crippen molar-refractivity contribution in [2.75, 3.05) is 7.11 Å². The largest absolute Gasteiger partial charge is 0.464 e. The molecule has 0 unspecified atom stereocenters. The number of fused-ring (bicyclic) bond motifs is 1. The van der Waals surface area contributed by atoms with Gasteiger partial charge in [0.2, 0.25) is 0 Å². The molecule has 0 bridgehead atoms. The van der Waals surface area contributed by atoms with Crippen molar-refractivity contribution < 1.29 is 9.53 Å². The maximum atomic E-state index is 11.5. The number of H-pyrrole nitrogens is 1. The first-order chi connectivity index (χ1) is 8.08. The van der Waals surface area contributed by atoms with E-state index >= 15 is 0 Å². The van der Waals surface area contributed by atoms with Crippen LogP contribution in [0.5, 0.6) is 0 Å². The Kier molecular flexibility index (Phi) is 4.35. The van der Waals surface area contributed by atoms with Gasteiger partial charge in [0.15, 0.2) is 0 Å². The molecule has 98 valence electrons. The molecular weight excluding hydrogens is 252 g/mol. The topological polar surface area (TPSA) is 55.0 Å². The van der Waals surface area contributed by atoms with E-state index in [1.807, 2.05) is 6.92 Å². The number of hydrogen-bond acceptors (Lipinski definition) is 3. The first kappa shape index (κ1) is 14.5. The monoisotopic (exact) mass is 268 g/mol. The summed E-state index contributed by atoms with van der Waals surface area (Å²) in [7, 11) is 1.37. The van der Waals surface area contributed by atoms with Crippen LogP contribution in [0.15, 0.2) is 6.07 Å². The molecule has 0 aromatic carbocycles. The lowest BCUT2D eigenvalue weighted by molar-refractivity contribution is 0.0595. The minimum atomic E-state index is -0.363. The van der Waals surface area contributed by atoms with Crippen LogP contribution in [0.2, 0.25) is 0 Å². The zero-order valence-corrected chi connectivity index (χ0v) is 11.8. The van der Waals surface area contributed by atoms with Crippen molar-refractivity contribution in [2.45, 2.75) is 27.2 Å². The quantitative estimate of drug-likeness (QED) is 0.852. The lowest BCUT2D eigenvalue weighted by Crippen LogP contribution is -2.00. The van der Waals surface area contributed by atoms with Gasteiger partial charge in [0.05, 0.1) is 7.11 Å². The average molecular weight is 269 g/mol. The summed E-state index contributed by atoms with van der Waals surface area (Å²) in [4.78, 5) is 19.0. The molecule has 5 heteroatoms. The summed E-state index contributed by atoms with van der Waals surface area (Å²) in [5.41, 5.74) is 4.62. The van der Waals surface area contributed by atoms with E-state index in [2.05, 4.69) is 23.8 Å². The van der Waals surface area contributed by atoms with Gasteiger partial charge in [-0.1, -0.05) is 6.92 Å². The number of aromatic amines is 1. The molecular formula is C13H17ClN2O2. The zero-order chi connectivity index (χ0) is 12.6. The number of halogens is 1. The van der Waals surface area contributed by atoms with Crippen LogP contribution in [-0.2, 0) is 11.2 Å². The summed E-state index contributed by atoms with van der Waals surface area (Å²) in [5, 5.41) is 0.986. The summed E-state index contributed by atoms with van der Waals surface area (Å²) >= 11 is 0. The van der Waals surface area contributed by atoms with Crippen LogP contribution >= 0.6 is 12.4 Å². The fraction of sp³-hybridized carbons (Fsp3) is 0.385. The number of ether oxygens (including phenoxy) is 1. The van der Waals surface area contributed by atoms with Crippen molar-refractivity contribution in [1.82, 2.24) is 9.97 Å². The molecule has 0 aliphatic carbocycles. The van der Waals surface area contributed by atoms with Gasteiger partial charge in [-0.2, -0.15) is 0 Å². The molecule has 4 nitrogen and oxygen atoms in total. The molecule has 0 saturated carbocycles. The Balaban J connectivity index is 0.00000162. The van der Waals surface area contributed by atoms with Crippen molar-refractivity contribution in [3.8, 4) is 0 Å². The van der Waals surface area contributed by atoms with Gasteiger partial charge in [0.25, 0.3) is 0 Å². The molecule has 2 aromatic heterocycles. The number of pyridine rings is 1. The average Bonchev–Trinajstić information content (AvgIpc) is 2.76. The van der Waals surface area contributed by atoms with E-state index in [9.17, 15) is 4.79 Å². The van der Waals surface area contributed by atoms with Gasteiger partial charge in [-0.15, -0.1) is 12.4 Å². The molecule has 2 heterocycles. The van der Waals surface area contributed by atoms with Crippen LogP contribution in [0.3, 0.4) is 0 Å². The van der Waals surface area contributed by atoms with Crippen LogP contribution in [0, 0.1) is 13.8 Å². The number of carbonyl (C=O) groups excluding carboxylic acids is 1. The molecule has 2 aromatic rings. The van der Waals surface area contributed by atoms with E-state index in [0.717, 1.165) is 23.1 Å². The molecule has 0 spiro atoms. The first-order valence-electron chi connectivity index (χ1n) is 5.65.